The van der Waals surface area contributed by atoms with Gasteiger partial charge in [0.2, 0.25) is 5.89 Å². The summed E-state index contributed by atoms with van der Waals surface area (Å²) in [5, 5.41) is 0. The lowest BCUT2D eigenvalue weighted by Crippen LogP contribution is -2.04. The number of hydrogen-bond donors (Lipinski definition) is 0. The van der Waals surface area contributed by atoms with Crippen LogP contribution in [0.15, 0.2) is 65.3 Å². The lowest BCUT2D eigenvalue weighted by atomic mass is 10.2. The van der Waals surface area contributed by atoms with E-state index in [1.54, 1.807) is 6.26 Å². The van der Waals surface area contributed by atoms with Gasteiger partial charge in [-0.05, 0) is 36.8 Å². The average molecular weight is 383 g/mol. The van der Waals surface area contributed by atoms with Gasteiger partial charge in [-0.25, -0.2) is 4.98 Å². The van der Waals surface area contributed by atoms with Crippen molar-refractivity contribution in [1.29, 1.82) is 0 Å². The van der Waals surface area contributed by atoms with Crippen LogP contribution in [0.5, 0.6) is 5.75 Å². The highest BCUT2D eigenvalue weighted by Crippen LogP contribution is 2.26. The Bertz CT molecular complexity index is 879. The molecule has 0 saturated heterocycles. The molecule has 5 nitrogen and oxygen atoms in total. The molecule has 0 aliphatic carbocycles. The molecule has 0 N–H and O–H groups in total. The smallest absolute Gasteiger partial charge is 0.315 e. The first-order valence-electron chi connectivity index (χ1n) is 8.56. The standard InChI is InChI=1S/C21H21NO4S/c1-15(19-12-25-21(22-19)17-8-4-3-5-9-17)26-18-10-6-7-16(11-18)13-27-14-20(23)24-2/h3-12,15H,13-14H2,1-2H3/t15-/m0/s1. The normalized spacial score (nSPS) is 11.8. The first-order valence-corrected chi connectivity index (χ1v) is 9.72. The van der Waals surface area contributed by atoms with Crippen LogP contribution in [0.25, 0.3) is 11.5 Å². The number of ether oxygens (including phenoxy) is 2. The molecule has 27 heavy (non-hydrogen) atoms. The van der Waals surface area contributed by atoms with Crippen molar-refractivity contribution >= 4 is 17.7 Å². The fourth-order valence-electron chi connectivity index (χ4n) is 2.47. The zero-order chi connectivity index (χ0) is 19.1. The van der Waals surface area contributed by atoms with Crippen molar-refractivity contribution in [3.63, 3.8) is 0 Å². The number of thioether (sulfide) groups is 1. The SMILES string of the molecule is COC(=O)CSCc1cccc(O[C@@H](C)c2coc(-c3ccccc3)n2)c1. The van der Waals surface area contributed by atoms with Gasteiger partial charge in [-0.3, -0.25) is 4.79 Å². The van der Waals surface area contributed by atoms with Crippen molar-refractivity contribution in [3.8, 4) is 17.2 Å². The van der Waals surface area contributed by atoms with E-state index in [4.69, 9.17) is 9.15 Å². The number of esters is 1. The van der Waals surface area contributed by atoms with Gasteiger partial charge in [0.1, 0.15) is 23.8 Å². The Kier molecular flexibility index (Phi) is 6.54. The molecule has 0 aliphatic heterocycles. The molecule has 2 aromatic carbocycles. The predicted molar refractivity (Wildman–Crippen MR) is 106 cm³/mol. The first-order chi connectivity index (χ1) is 13.2. The average Bonchev–Trinajstić information content (AvgIpc) is 3.19. The van der Waals surface area contributed by atoms with Gasteiger partial charge in [0.05, 0.1) is 12.9 Å². The molecular weight excluding hydrogens is 362 g/mol. The van der Waals surface area contributed by atoms with Crippen LogP contribution in [0.1, 0.15) is 24.3 Å². The number of nitrogens with zero attached hydrogens (tertiary/aromatic N) is 1. The minimum atomic E-state index is -0.246. The summed E-state index contributed by atoms with van der Waals surface area (Å²) in [7, 11) is 1.39. The summed E-state index contributed by atoms with van der Waals surface area (Å²) < 4.78 is 16.2. The molecule has 0 spiro atoms. The van der Waals surface area contributed by atoms with E-state index in [-0.39, 0.29) is 12.1 Å². The summed E-state index contributed by atoms with van der Waals surface area (Å²) in [6.45, 7) is 1.94. The molecule has 0 amide bonds. The zero-order valence-electron chi connectivity index (χ0n) is 15.3. The highest BCUT2D eigenvalue weighted by atomic mass is 32.2. The Morgan fingerprint density at radius 3 is 2.78 bits per heavy atom. The molecule has 0 bridgehead atoms. The van der Waals surface area contributed by atoms with Crippen LogP contribution in [0.2, 0.25) is 0 Å². The third kappa shape index (κ3) is 5.37. The molecule has 140 valence electrons. The maximum Gasteiger partial charge on any atom is 0.315 e. The van der Waals surface area contributed by atoms with Crippen molar-refractivity contribution in [3.05, 3.63) is 72.1 Å². The van der Waals surface area contributed by atoms with E-state index in [0.717, 1.165) is 22.6 Å². The van der Waals surface area contributed by atoms with Gasteiger partial charge in [-0.15, -0.1) is 11.8 Å². The summed E-state index contributed by atoms with van der Waals surface area (Å²) in [6, 6.07) is 17.6. The van der Waals surface area contributed by atoms with Crippen molar-refractivity contribution < 1.29 is 18.7 Å². The van der Waals surface area contributed by atoms with Gasteiger partial charge in [0.25, 0.3) is 0 Å². The number of carbonyl (C=O) groups is 1. The van der Waals surface area contributed by atoms with E-state index in [1.165, 1.54) is 18.9 Å². The molecule has 3 aromatic rings. The Labute approximate surface area is 162 Å². The number of oxazole rings is 1. The van der Waals surface area contributed by atoms with Crippen molar-refractivity contribution in [2.75, 3.05) is 12.9 Å². The summed E-state index contributed by atoms with van der Waals surface area (Å²) in [5.74, 6) is 2.15. The highest BCUT2D eigenvalue weighted by Gasteiger charge is 2.14. The van der Waals surface area contributed by atoms with Crippen molar-refractivity contribution in [2.45, 2.75) is 18.8 Å². The predicted octanol–water partition coefficient (Wildman–Crippen LogP) is 4.89. The second-order valence-electron chi connectivity index (χ2n) is 5.92. The fraction of sp³-hybridized carbons (Fsp3) is 0.238. The van der Waals surface area contributed by atoms with Gasteiger partial charge in [0, 0.05) is 11.3 Å². The monoisotopic (exact) mass is 383 g/mol. The van der Waals surface area contributed by atoms with Crippen LogP contribution in [-0.2, 0) is 15.3 Å². The maximum absolute atomic E-state index is 11.2. The van der Waals surface area contributed by atoms with Gasteiger partial charge < -0.3 is 13.9 Å². The van der Waals surface area contributed by atoms with Gasteiger partial charge in [-0.1, -0.05) is 30.3 Å². The molecule has 3 rings (SSSR count). The van der Waals surface area contributed by atoms with E-state index in [9.17, 15) is 4.79 Å². The first kappa shape index (κ1) is 19.0. The molecule has 0 saturated carbocycles. The Balaban J connectivity index is 1.61. The third-order valence-corrected chi connectivity index (χ3v) is 4.86. The quantitative estimate of drug-likeness (QED) is 0.516. The minimum Gasteiger partial charge on any atom is -0.484 e. The van der Waals surface area contributed by atoms with E-state index in [0.29, 0.717) is 17.4 Å². The third-order valence-electron chi connectivity index (χ3n) is 3.89. The van der Waals surface area contributed by atoms with E-state index in [2.05, 4.69) is 9.72 Å². The number of aromatic nitrogens is 1. The van der Waals surface area contributed by atoms with Crippen LogP contribution in [0.4, 0.5) is 0 Å². The Morgan fingerprint density at radius 2 is 2.00 bits per heavy atom. The number of rotatable bonds is 8. The van der Waals surface area contributed by atoms with Crippen LogP contribution in [0, 0.1) is 0 Å². The van der Waals surface area contributed by atoms with Gasteiger partial charge in [-0.2, -0.15) is 0 Å². The van der Waals surface area contributed by atoms with Crippen molar-refractivity contribution in [2.24, 2.45) is 0 Å². The van der Waals surface area contributed by atoms with Gasteiger partial charge >= 0.3 is 5.97 Å². The fourth-order valence-corrected chi connectivity index (χ4v) is 3.27. The molecule has 0 aliphatic rings. The van der Waals surface area contributed by atoms with Gasteiger partial charge in [0.15, 0.2) is 0 Å². The van der Waals surface area contributed by atoms with Crippen LogP contribution >= 0.6 is 11.8 Å². The minimum absolute atomic E-state index is 0.221. The topological polar surface area (TPSA) is 61.6 Å². The second-order valence-corrected chi connectivity index (χ2v) is 6.91. The molecular formula is C21H21NO4S. The lowest BCUT2D eigenvalue weighted by molar-refractivity contribution is -0.137. The number of carbonyl (C=O) groups excluding carboxylic acids is 1. The molecule has 0 radical (unpaired) electrons. The zero-order valence-corrected chi connectivity index (χ0v) is 16.1. The van der Waals surface area contributed by atoms with Crippen molar-refractivity contribution in [1.82, 2.24) is 4.98 Å². The molecule has 1 atom stereocenters. The summed E-state index contributed by atoms with van der Waals surface area (Å²) in [5.41, 5.74) is 2.75. The molecule has 6 heteroatoms. The number of hydrogen-bond acceptors (Lipinski definition) is 6. The summed E-state index contributed by atoms with van der Waals surface area (Å²) in [4.78, 5) is 15.7. The largest absolute Gasteiger partial charge is 0.484 e. The second kappa shape index (κ2) is 9.28. The van der Waals surface area contributed by atoms with Crippen LogP contribution in [0.3, 0.4) is 0 Å². The highest BCUT2D eigenvalue weighted by molar-refractivity contribution is 7.99. The lowest BCUT2D eigenvalue weighted by Gasteiger charge is -2.13. The molecule has 1 heterocycles. The van der Waals surface area contributed by atoms with E-state index in [1.807, 2.05) is 61.5 Å². The summed E-state index contributed by atoms with van der Waals surface area (Å²) in [6.07, 6.45) is 1.38. The molecule has 0 unspecified atom stereocenters. The van der Waals surface area contributed by atoms with E-state index >= 15 is 0 Å². The van der Waals surface area contributed by atoms with Crippen LogP contribution < -0.4 is 4.74 Å². The van der Waals surface area contributed by atoms with Crippen LogP contribution in [-0.4, -0.2) is 23.8 Å². The number of methoxy groups -OCH3 is 1. The maximum atomic E-state index is 11.2. The summed E-state index contributed by atoms with van der Waals surface area (Å²) >= 11 is 1.51. The Morgan fingerprint density at radius 1 is 1.19 bits per heavy atom. The molecule has 1 aromatic heterocycles. The molecule has 0 fully saturated rings. The number of benzene rings is 2. The van der Waals surface area contributed by atoms with E-state index < -0.39 is 0 Å². The Hall–Kier alpha value is -2.73.